The number of carbonyl (C=O) groups excluding carboxylic acids is 2. The fourth-order valence-corrected chi connectivity index (χ4v) is 7.36. The summed E-state index contributed by atoms with van der Waals surface area (Å²) in [5.41, 5.74) is 4.88. The van der Waals surface area contributed by atoms with E-state index in [0.717, 1.165) is 32.1 Å². The first-order valence-electron chi connectivity index (χ1n) is 11.7. The van der Waals surface area contributed by atoms with Crippen molar-refractivity contribution in [3.05, 3.63) is 24.3 Å². The molecule has 1 aromatic carbocycles. The lowest BCUT2D eigenvalue weighted by Crippen LogP contribution is -2.61. The van der Waals surface area contributed by atoms with Crippen LogP contribution in [0.25, 0.3) is 0 Å². The number of primary sulfonamides is 1. The van der Waals surface area contributed by atoms with Crippen LogP contribution in [0.3, 0.4) is 0 Å². The van der Waals surface area contributed by atoms with Gasteiger partial charge in [0, 0.05) is 18.8 Å². The number of benzene rings is 1. The molecule has 0 aromatic heterocycles. The summed E-state index contributed by atoms with van der Waals surface area (Å²) in [7, 11) is -3.86. The lowest BCUT2D eigenvalue weighted by molar-refractivity contribution is -0.132. The second-order valence-electron chi connectivity index (χ2n) is 11.1. The Bertz CT molecular complexity index is 1060. The average molecular weight is 494 g/mol. The zero-order chi connectivity index (χ0) is 24.8. The molecule has 11 heteroatoms. The van der Waals surface area contributed by atoms with Gasteiger partial charge in [0.2, 0.25) is 15.9 Å². The number of sulfonamides is 1. The Morgan fingerprint density at radius 3 is 2.26 bits per heavy atom. The van der Waals surface area contributed by atoms with Crippen LogP contribution in [0, 0.1) is 22.7 Å². The van der Waals surface area contributed by atoms with Crippen molar-refractivity contribution in [3.63, 3.8) is 0 Å². The van der Waals surface area contributed by atoms with Crippen molar-refractivity contribution in [1.82, 2.24) is 10.6 Å². The average Bonchev–Trinajstić information content (AvgIpc) is 2.75. The summed E-state index contributed by atoms with van der Waals surface area (Å²) in [5.74, 6) is 0.784. The van der Waals surface area contributed by atoms with Crippen LogP contribution in [0.5, 0.6) is 0 Å². The molecule has 4 saturated carbocycles. The molecule has 0 heterocycles. The third-order valence-electron chi connectivity index (χ3n) is 7.82. The number of aliphatic hydroxyl groups is 1. The quantitative estimate of drug-likeness (QED) is 0.313. The van der Waals surface area contributed by atoms with Crippen molar-refractivity contribution in [2.24, 2.45) is 33.5 Å². The summed E-state index contributed by atoms with van der Waals surface area (Å²) < 4.78 is 23.1. The predicted octanol–water partition coefficient (Wildman–Crippen LogP) is 0.868. The van der Waals surface area contributed by atoms with Crippen LogP contribution in [-0.2, 0) is 14.8 Å². The van der Waals surface area contributed by atoms with Crippen molar-refractivity contribution in [2.75, 3.05) is 25.0 Å². The van der Waals surface area contributed by atoms with Crippen LogP contribution in [0.4, 0.5) is 10.5 Å². The van der Waals surface area contributed by atoms with Gasteiger partial charge in [-0.25, -0.2) is 18.4 Å². The van der Waals surface area contributed by atoms with E-state index in [-0.39, 0.29) is 21.6 Å². The van der Waals surface area contributed by atoms with Gasteiger partial charge < -0.3 is 26.8 Å². The van der Waals surface area contributed by atoms with Crippen molar-refractivity contribution in [1.29, 1.82) is 0 Å². The molecule has 1 aromatic rings. The number of carbonyl (C=O) groups is 2. The number of amides is 3. The highest BCUT2D eigenvalue weighted by Gasteiger charge is 2.57. The number of nitrogens with one attached hydrogen (secondary N) is 3. The van der Waals surface area contributed by atoms with Gasteiger partial charge in [-0.1, -0.05) is 6.07 Å². The van der Waals surface area contributed by atoms with Crippen molar-refractivity contribution < 1.29 is 23.1 Å². The van der Waals surface area contributed by atoms with Gasteiger partial charge in [0.05, 0.1) is 11.5 Å². The Kier molecular flexibility index (Phi) is 6.43. The topological polar surface area (TPSA) is 177 Å². The van der Waals surface area contributed by atoms with Crippen LogP contribution < -0.4 is 26.8 Å². The number of aliphatic hydroxyl groups excluding tert-OH is 1. The summed E-state index contributed by atoms with van der Waals surface area (Å²) in [5, 5.41) is 23.2. The van der Waals surface area contributed by atoms with E-state index < -0.39 is 28.2 Å². The molecule has 3 unspecified atom stereocenters. The van der Waals surface area contributed by atoms with E-state index in [9.17, 15) is 23.1 Å². The highest BCUT2D eigenvalue weighted by molar-refractivity contribution is 7.89. The smallest absolute Gasteiger partial charge is 0.319 e. The molecule has 188 valence electrons. The second-order valence-corrected chi connectivity index (χ2v) is 12.7. The van der Waals surface area contributed by atoms with Gasteiger partial charge in [-0.2, -0.15) is 0 Å². The monoisotopic (exact) mass is 493 g/mol. The molecule has 0 radical (unpaired) electrons. The maximum atomic E-state index is 12.6. The van der Waals surface area contributed by atoms with Crippen LogP contribution in [0.15, 0.2) is 29.2 Å². The molecular weight excluding hydrogens is 458 g/mol. The molecule has 10 nitrogen and oxygen atoms in total. The first-order chi connectivity index (χ1) is 15.8. The SMILES string of the molecule is CC(N)(CO)C(=O)NCC12CC3CC(CC(CNC(=O)Nc4cccc(S(N)(=O)=O)c4)(C3)C1)C2. The maximum Gasteiger partial charge on any atom is 0.319 e. The van der Waals surface area contributed by atoms with E-state index in [0.29, 0.717) is 30.6 Å². The highest BCUT2D eigenvalue weighted by Crippen LogP contribution is 2.64. The first kappa shape index (κ1) is 24.9. The van der Waals surface area contributed by atoms with E-state index in [1.54, 1.807) is 6.07 Å². The standard InChI is InChI=1S/C23H35N5O5S/c1-21(24,14-29)19(30)26-12-22-7-15-5-16(8-22)10-23(9-15,11-22)13-27-20(31)28-17-3-2-4-18(6-17)34(25,32)33/h2-4,6,15-16,29H,5,7-14,24H2,1H3,(H,26,30)(H2,25,32,33)(H2,27,28,31). The Morgan fingerprint density at radius 2 is 1.71 bits per heavy atom. The van der Waals surface area contributed by atoms with E-state index in [1.165, 1.54) is 31.5 Å². The summed E-state index contributed by atoms with van der Waals surface area (Å²) in [4.78, 5) is 25.0. The number of anilines is 1. The van der Waals surface area contributed by atoms with E-state index in [4.69, 9.17) is 10.9 Å². The number of rotatable bonds is 8. The molecule has 3 amide bonds. The van der Waals surface area contributed by atoms with Gasteiger partial charge in [-0.3, -0.25) is 4.79 Å². The van der Waals surface area contributed by atoms with Crippen molar-refractivity contribution in [2.45, 2.75) is 55.9 Å². The lowest BCUT2D eigenvalue weighted by Gasteiger charge is -2.62. The normalized spacial score (nSPS) is 31.5. The summed E-state index contributed by atoms with van der Waals surface area (Å²) in [6, 6.07) is 5.44. The number of hydrogen-bond acceptors (Lipinski definition) is 6. The minimum absolute atomic E-state index is 0.0206. The molecule has 8 N–H and O–H groups in total. The minimum Gasteiger partial charge on any atom is -0.394 e. The second kappa shape index (κ2) is 8.78. The van der Waals surface area contributed by atoms with Gasteiger partial charge in [0.15, 0.2) is 0 Å². The zero-order valence-electron chi connectivity index (χ0n) is 19.5. The van der Waals surface area contributed by atoms with Crippen LogP contribution in [-0.4, -0.2) is 50.7 Å². The van der Waals surface area contributed by atoms with E-state index >= 15 is 0 Å². The number of nitrogens with two attached hydrogens (primary N) is 2. The first-order valence-corrected chi connectivity index (χ1v) is 13.2. The van der Waals surface area contributed by atoms with E-state index in [1.807, 2.05) is 0 Å². The molecule has 0 aliphatic heterocycles. The number of urea groups is 1. The molecule has 4 aliphatic rings. The van der Waals surface area contributed by atoms with E-state index in [2.05, 4.69) is 16.0 Å². The van der Waals surface area contributed by atoms with Crippen molar-refractivity contribution in [3.8, 4) is 0 Å². The van der Waals surface area contributed by atoms with Gasteiger partial charge >= 0.3 is 6.03 Å². The molecule has 34 heavy (non-hydrogen) atoms. The summed E-state index contributed by atoms with van der Waals surface area (Å²) >= 11 is 0. The van der Waals surface area contributed by atoms with Gasteiger partial charge in [-0.15, -0.1) is 0 Å². The minimum atomic E-state index is -3.86. The molecule has 4 bridgehead atoms. The maximum absolute atomic E-state index is 12.6. The Labute approximate surface area is 200 Å². The van der Waals surface area contributed by atoms with Crippen molar-refractivity contribution >= 4 is 27.6 Å². The number of hydrogen-bond donors (Lipinski definition) is 6. The fraction of sp³-hybridized carbons (Fsp3) is 0.652. The molecule has 0 spiro atoms. The molecule has 4 aliphatic carbocycles. The summed E-state index contributed by atoms with van der Waals surface area (Å²) in [6.45, 7) is 2.15. The van der Waals surface area contributed by atoms with Gasteiger partial charge in [0.25, 0.3) is 0 Å². The van der Waals surface area contributed by atoms with Gasteiger partial charge in [-0.05, 0) is 86.3 Å². The summed E-state index contributed by atoms with van der Waals surface area (Å²) in [6.07, 6.45) is 6.30. The lowest BCUT2D eigenvalue weighted by atomic mass is 9.44. The molecular formula is C23H35N5O5S. The molecule has 3 atom stereocenters. The Balaban J connectivity index is 1.39. The Hall–Kier alpha value is -2.21. The molecule has 5 rings (SSSR count). The third kappa shape index (κ3) is 5.22. The van der Waals surface area contributed by atoms with Crippen LogP contribution in [0.2, 0.25) is 0 Å². The van der Waals surface area contributed by atoms with Crippen LogP contribution >= 0.6 is 0 Å². The van der Waals surface area contributed by atoms with Crippen LogP contribution in [0.1, 0.15) is 45.4 Å². The Morgan fingerprint density at radius 1 is 1.12 bits per heavy atom. The largest absolute Gasteiger partial charge is 0.394 e. The van der Waals surface area contributed by atoms with Gasteiger partial charge in [0.1, 0.15) is 5.54 Å². The zero-order valence-corrected chi connectivity index (χ0v) is 20.3. The predicted molar refractivity (Wildman–Crippen MR) is 127 cm³/mol. The molecule has 0 saturated heterocycles. The third-order valence-corrected chi connectivity index (χ3v) is 8.73. The molecule has 4 fully saturated rings. The highest BCUT2D eigenvalue weighted by atomic mass is 32.2. The fourth-order valence-electron chi connectivity index (χ4n) is 6.80.